The Kier molecular flexibility index (Phi) is 3.87. The summed E-state index contributed by atoms with van der Waals surface area (Å²) in [5, 5.41) is 9.26. The van der Waals surface area contributed by atoms with Crippen molar-refractivity contribution in [1.82, 2.24) is 4.57 Å². The molecule has 1 aliphatic carbocycles. The fraction of sp³-hybridized carbons (Fsp3) is 0.643. The number of aromatic carboxylic acids is 1. The highest BCUT2D eigenvalue weighted by atomic mass is 16.4. The number of hydrogen-bond acceptors (Lipinski definition) is 1. The van der Waals surface area contributed by atoms with Crippen molar-refractivity contribution >= 4 is 5.97 Å². The minimum absolute atomic E-state index is 0.455. The van der Waals surface area contributed by atoms with Crippen LogP contribution < -0.4 is 0 Å². The highest BCUT2D eigenvalue weighted by Crippen LogP contribution is 2.35. The van der Waals surface area contributed by atoms with Crippen LogP contribution in [-0.2, 0) is 6.54 Å². The van der Waals surface area contributed by atoms with Gasteiger partial charge in [0.1, 0.15) is 0 Å². The third-order valence-electron chi connectivity index (χ3n) is 3.69. The number of carboxylic acids is 1. The molecule has 1 saturated carbocycles. The van der Waals surface area contributed by atoms with Gasteiger partial charge in [0.15, 0.2) is 0 Å². The summed E-state index contributed by atoms with van der Waals surface area (Å²) in [6.45, 7) is 3.06. The van der Waals surface area contributed by atoms with E-state index in [1.807, 2.05) is 6.20 Å². The van der Waals surface area contributed by atoms with Crippen LogP contribution in [0, 0.1) is 0 Å². The number of hydrogen-bond donors (Lipinski definition) is 1. The number of aryl methyl sites for hydroxylation is 1. The zero-order valence-corrected chi connectivity index (χ0v) is 10.5. The van der Waals surface area contributed by atoms with Gasteiger partial charge in [-0.3, -0.25) is 0 Å². The Morgan fingerprint density at radius 3 is 2.71 bits per heavy atom. The molecule has 2 rings (SSSR count). The fourth-order valence-electron chi connectivity index (χ4n) is 2.93. The molecule has 0 bridgehead atoms. The van der Waals surface area contributed by atoms with Gasteiger partial charge < -0.3 is 9.67 Å². The lowest BCUT2D eigenvalue weighted by atomic mass is 9.85. The molecule has 0 atom stereocenters. The minimum atomic E-state index is -0.777. The molecular formula is C14H21NO2. The molecule has 0 aliphatic heterocycles. The molecule has 0 saturated heterocycles. The molecule has 1 aromatic rings. The highest BCUT2D eigenvalue weighted by Gasteiger charge is 2.24. The Balaban J connectivity index is 2.32. The monoisotopic (exact) mass is 235 g/mol. The van der Waals surface area contributed by atoms with E-state index in [1.54, 1.807) is 6.07 Å². The molecule has 17 heavy (non-hydrogen) atoms. The SMILES string of the molecule is CCCn1ccc(C(=O)O)c1C1CCCCC1. The summed E-state index contributed by atoms with van der Waals surface area (Å²) in [4.78, 5) is 11.3. The van der Waals surface area contributed by atoms with Crippen LogP contribution in [0.3, 0.4) is 0 Å². The number of aromatic nitrogens is 1. The fourth-order valence-corrected chi connectivity index (χ4v) is 2.93. The Hall–Kier alpha value is -1.25. The standard InChI is InChI=1S/C14H21NO2/c1-2-9-15-10-8-12(14(16)17)13(15)11-6-4-3-5-7-11/h8,10-11H,2-7,9H2,1H3,(H,16,17). The largest absolute Gasteiger partial charge is 0.478 e. The maximum atomic E-state index is 11.3. The van der Waals surface area contributed by atoms with Crippen LogP contribution in [0.2, 0.25) is 0 Å². The summed E-state index contributed by atoms with van der Waals surface area (Å²) in [5.41, 5.74) is 1.59. The zero-order valence-electron chi connectivity index (χ0n) is 10.5. The summed E-state index contributed by atoms with van der Waals surface area (Å²) in [6.07, 6.45) is 9.06. The Morgan fingerprint density at radius 2 is 2.12 bits per heavy atom. The smallest absolute Gasteiger partial charge is 0.337 e. The Morgan fingerprint density at radius 1 is 1.41 bits per heavy atom. The molecule has 3 heteroatoms. The van der Waals surface area contributed by atoms with Crippen LogP contribution in [0.15, 0.2) is 12.3 Å². The minimum Gasteiger partial charge on any atom is -0.478 e. The van der Waals surface area contributed by atoms with E-state index in [0.717, 1.165) is 31.5 Å². The van der Waals surface area contributed by atoms with E-state index in [1.165, 1.54) is 19.3 Å². The highest BCUT2D eigenvalue weighted by molar-refractivity contribution is 5.89. The van der Waals surface area contributed by atoms with Crippen LogP contribution in [-0.4, -0.2) is 15.6 Å². The second kappa shape index (κ2) is 5.39. The molecule has 94 valence electrons. The van der Waals surface area contributed by atoms with Crippen molar-refractivity contribution in [2.24, 2.45) is 0 Å². The molecule has 1 aromatic heterocycles. The molecular weight excluding hydrogens is 214 g/mol. The van der Waals surface area contributed by atoms with Gasteiger partial charge in [-0.05, 0) is 25.3 Å². The predicted molar refractivity (Wildman–Crippen MR) is 67.5 cm³/mol. The number of carbonyl (C=O) groups is 1. The molecule has 0 unspecified atom stereocenters. The first-order chi connectivity index (χ1) is 8.24. The lowest BCUT2D eigenvalue weighted by Crippen LogP contribution is -2.14. The molecule has 1 N–H and O–H groups in total. The van der Waals surface area contributed by atoms with Crippen LogP contribution in [0.1, 0.15) is 67.4 Å². The predicted octanol–water partition coefficient (Wildman–Crippen LogP) is 3.64. The quantitative estimate of drug-likeness (QED) is 0.865. The maximum absolute atomic E-state index is 11.3. The van der Waals surface area contributed by atoms with E-state index in [2.05, 4.69) is 11.5 Å². The lowest BCUT2D eigenvalue weighted by Gasteiger charge is -2.24. The maximum Gasteiger partial charge on any atom is 0.337 e. The van der Waals surface area contributed by atoms with E-state index >= 15 is 0 Å². The van der Waals surface area contributed by atoms with Crippen molar-refractivity contribution in [3.8, 4) is 0 Å². The van der Waals surface area contributed by atoms with Crippen molar-refractivity contribution in [3.05, 3.63) is 23.5 Å². The van der Waals surface area contributed by atoms with Gasteiger partial charge in [0.25, 0.3) is 0 Å². The summed E-state index contributed by atoms with van der Waals surface area (Å²) in [5.74, 6) is -0.322. The second-order valence-corrected chi connectivity index (χ2v) is 4.95. The van der Waals surface area contributed by atoms with Gasteiger partial charge in [-0.25, -0.2) is 4.79 Å². The average Bonchev–Trinajstić information content (AvgIpc) is 2.74. The average molecular weight is 235 g/mol. The molecule has 1 fully saturated rings. The Bertz CT molecular complexity index is 389. The summed E-state index contributed by atoms with van der Waals surface area (Å²) in [6, 6.07) is 1.77. The first-order valence-electron chi connectivity index (χ1n) is 6.66. The molecule has 0 spiro atoms. The number of rotatable bonds is 4. The first-order valence-corrected chi connectivity index (χ1v) is 6.66. The number of nitrogens with zero attached hydrogens (tertiary/aromatic N) is 1. The van der Waals surface area contributed by atoms with Gasteiger partial charge in [0.2, 0.25) is 0 Å². The molecule has 1 heterocycles. The van der Waals surface area contributed by atoms with E-state index in [9.17, 15) is 9.90 Å². The van der Waals surface area contributed by atoms with E-state index < -0.39 is 5.97 Å². The van der Waals surface area contributed by atoms with Crippen molar-refractivity contribution in [1.29, 1.82) is 0 Å². The molecule has 0 amide bonds. The number of carboxylic acid groups (broad SMARTS) is 1. The van der Waals surface area contributed by atoms with Crippen molar-refractivity contribution in [2.45, 2.75) is 57.9 Å². The summed E-state index contributed by atoms with van der Waals surface area (Å²) < 4.78 is 2.15. The van der Waals surface area contributed by atoms with Crippen molar-refractivity contribution in [3.63, 3.8) is 0 Å². The van der Waals surface area contributed by atoms with Crippen LogP contribution in [0.4, 0.5) is 0 Å². The topological polar surface area (TPSA) is 42.2 Å². The van der Waals surface area contributed by atoms with Gasteiger partial charge in [0.05, 0.1) is 5.56 Å². The van der Waals surface area contributed by atoms with Gasteiger partial charge in [-0.1, -0.05) is 26.2 Å². The molecule has 0 radical (unpaired) electrons. The molecule has 3 nitrogen and oxygen atoms in total. The zero-order chi connectivity index (χ0) is 12.3. The first kappa shape index (κ1) is 12.2. The summed E-state index contributed by atoms with van der Waals surface area (Å²) in [7, 11) is 0. The van der Waals surface area contributed by atoms with E-state index in [4.69, 9.17) is 0 Å². The third-order valence-corrected chi connectivity index (χ3v) is 3.69. The van der Waals surface area contributed by atoms with Crippen LogP contribution in [0.25, 0.3) is 0 Å². The van der Waals surface area contributed by atoms with E-state index in [0.29, 0.717) is 11.5 Å². The van der Waals surface area contributed by atoms with Gasteiger partial charge >= 0.3 is 5.97 Å². The van der Waals surface area contributed by atoms with Gasteiger partial charge in [-0.2, -0.15) is 0 Å². The molecule has 0 aromatic carbocycles. The van der Waals surface area contributed by atoms with Gasteiger partial charge in [0, 0.05) is 24.4 Å². The second-order valence-electron chi connectivity index (χ2n) is 4.95. The van der Waals surface area contributed by atoms with Crippen LogP contribution >= 0.6 is 0 Å². The van der Waals surface area contributed by atoms with Gasteiger partial charge in [-0.15, -0.1) is 0 Å². The third kappa shape index (κ3) is 2.54. The summed E-state index contributed by atoms with van der Waals surface area (Å²) >= 11 is 0. The lowest BCUT2D eigenvalue weighted by molar-refractivity contribution is 0.0694. The van der Waals surface area contributed by atoms with E-state index in [-0.39, 0.29) is 0 Å². The van der Waals surface area contributed by atoms with Crippen LogP contribution in [0.5, 0.6) is 0 Å². The Labute approximate surface area is 102 Å². The molecule has 1 aliphatic rings. The normalized spacial score (nSPS) is 17.2. The van der Waals surface area contributed by atoms with Crippen molar-refractivity contribution < 1.29 is 9.90 Å². The van der Waals surface area contributed by atoms with Crippen molar-refractivity contribution in [2.75, 3.05) is 0 Å².